The standard InChI is InChI=1S/C10H16N8/c1-4-5-17(3)9-14-8(11-2)15-10(16-9)18-7-12-6-13-18/h6-7H,4-5H2,1-3H3,(H,11,14,15,16). The van der Waals surface area contributed by atoms with Crippen LogP contribution < -0.4 is 10.2 Å². The molecule has 2 heterocycles. The molecule has 0 aliphatic rings. The van der Waals surface area contributed by atoms with Gasteiger partial charge in [0.2, 0.25) is 11.9 Å². The maximum atomic E-state index is 4.37. The van der Waals surface area contributed by atoms with E-state index in [4.69, 9.17) is 0 Å². The Balaban J connectivity index is 2.39. The highest BCUT2D eigenvalue weighted by Crippen LogP contribution is 2.11. The molecule has 1 N–H and O–H groups in total. The molecular weight excluding hydrogens is 232 g/mol. The van der Waals surface area contributed by atoms with E-state index in [0.29, 0.717) is 17.8 Å². The van der Waals surface area contributed by atoms with E-state index in [1.165, 1.54) is 11.0 Å². The molecule has 0 saturated heterocycles. The van der Waals surface area contributed by atoms with Crippen LogP contribution in [0.1, 0.15) is 13.3 Å². The van der Waals surface area contributed by atoms with E-state index in [9.17, 15) is 0 Å². The lowest BCUT2D eigenvalue weighted by atomic mass is 10.4. The van der Waals surface area contributed by atoms with Crippen molar-refractivity contribution in [3.8, 4) is 5.95 Å². The number of nitrogens with one attached hydrogen (secondary N) is 1. The van der Waals surface area contributed by atoms with Crippen molar-refractivity contribution in [3.63, 3.8) is 0 Å². The van der Waals surface area contributed by atoms with Crippen LogP contribution in [-0.2, 0) is 0 Å². The molecular formula is C10H16N8. The van der Waals surface area contributed by atoms with Crippen molar-refractivity contribution in [1.82, 2.24) is 29.7 Å². The van der Waals surface area contributed by atoms with Crippen LogP contribution in [-0.4, -0.2) is 50.4 Å². The van der Waals surface area contributed by atoms with E-state index in [-0.39, 0.29) is 0 Å². The molecule has 8 nitrogen and oxygen atoms in total. The molecule has 0 spiro atoms. The number of rotatable bonds is 5. The first-order valence-electron chi connectivity index (χ1n) is 5.74. The lowest BCUT2D eigenvalue weighted by Crippen LogP contribution is -2.22. The van der Waals surface area contributed by atoms with E-state index in [2.05, 4.69) is 37.3 Å². The van der Waals surface area contributed by atoms with Crippen molar-refractivity contribution in [1.29, 1.82) is 0 Å². The molecule has 0 fully saturated rings. The highest BCUT2D eigenvalue weighted by atomic mass is 15.4. The molecule has 2 rings (SSSR count). The first-order chi connectivity index (χ1) is 8.74. The summed E-state index contributed by atoms with van der Waals surface area (Å²) < 4.78 is 1.51. The smallest absolute Gasteiger partial charge is 0.258 e. The van der Waals surface area contributed by atoms with Gasteiger partial charge in [-0.15, -0.1) is 0 Å². The number of aromatic nitrogens is 6. The predicted molar refractivity (Wildman–Crippen MR) is 67.9 cm³/mol. The zero-order valence-electron chi connectivity index (χ0n) is 10.7. The average molecular weight is 248 g/mol. The molecule has 0 aliphatic heterocycles. The molecule has 0 aromatic carbocycles. The summed E-state index contributed by atoms with van der Waals surface area (Å²) in [5.74, 6) is 1.57. The first kappa shape index (κ1) is 12.2. The summed E-state index contributed by atoms with van der Waals surface area (Å²) in [5.41, 5.74) is 0. The van der Waals surface area contributed by atoms with Gasteiger partial charge in [-0.3, -0.25) is 0 Å². The summed E-state index contributed by atoms with van der Waals surface area (Å²) in [7, 11) is 3.72. The normalized spacial score (nSPS) is 10.4. The van der Waals surface area contributed by atoms with Crippen molar-refractivity contribution in [2.45, 2.75) is 13.3 Å². The van der Waals surface area contributed by atoms with Crippen LogP contribution in [0.5, 0.6) is 0 Å². The fraction of sp³-hybridized carbons (Fsp3) is 0.500. The molecule has 18 heavy (non-hydrogen) atoms. The third-order valence-electron chi connectivity index (χ3n) is 2.36. The zero-order chi connectivity index (χ0) is 13.0. The van der Waals surface area contributed by atoms with Gasteiger partial charge in [0.25, 0.3) is 5.95 Å². The van der Waals surface area contributed by atoms with Crippen molar-refractivity contribution >= 4 is 11.9 Å². The Hall–Kier alpha value is -2.25. The monoisotopic (exact) mass is 248 g/mol. The summed E-state index contributed by atoms with van der Waals surface area (Å²) >= 11 is 0. The molecule has 0 bridgehead atoms. The molecule has 0 amide bonds. The highest BCUT2D eigenvalue weighted by Gasteiger charge is 2.10. The van der Waals surface area contributed by atoms with Gasteiger partial charge in [0.15, 0.2) is 0 Å². The van der Waals surface area contributed by atoms with Gasteiger partial charge in [-0.1, -0.05) is 6.92 Å². The maximum absolute atomic E-state index is 4.37. The molecule has 96 valence electrons. The summed E-state index contributed by atoms with van der Waals surface area (Å²) in [5, 5.41) is 6.93. The Labute approximate surface area is 105 Å². The number of hydrogen-bond donors (Lipinski definition) is 1. The van der Waals surface area contributed by atoms with Gasteiger partial charge in [0, 0.05) is 20.6 Å². The van der Waals surface area contributed by atoms with E-state index in [0.717, 1.165) is 13.0 Å². The van der Waals surface area contributed by atoms with Crippen molar-refractivity contribution in [3.05, 3.63) is 12.7 Å². The fourth-order valence-electron chi connectivity index (χ4n) is 1.49. The van der Waals surface area contributed by atoms with Crippen LogP contribution in [0.4, 0.5) is 11.9 Å². The van der Waals surface area contributed by atoms with Gasteiger partial charge in [-0.2, -0.15) is 24.7 Å². The lowest BCUT2D eigenvalue weighted by Gasteiger charge is -2.16. The van der Waals surface area contributed by atoms with Crippen LogP contribution in [0, 0.1) is 0 Å². The molecule has 2 aromatic rings. The molecule has 8 heteroatoms. The first-order valence-corrected chi connectivity index (χ1v) is 5.74. The van der Waals surface area contributed by atoms with Crippen LogP contribution in [0.25, 0.3) is 5.95 Å². The third kappa shape index (κ3) is 2.53. The molecule has 2 aromatic heterocycles. The minimum atomic E-state index is 0.449. The molecule has 0 radical (unpaired) electrons. The highest BCUT2D eigenvalue weighted by molar-refractivity contribution is 5.38. The lowest BCUT2D eigenvalue weighted by molar-refractivity contribution is 0.765. The van der Waals surface area contributed by atoms with E-state index >= 15 is 0 Å². The maximum Gasteiger partial charge on any atom is 0.258 e. The quantitative estimate of drug-likeness (QED) is 0.816. The minimum absolute atomic E-state index is 0.449. The Bertz CT molecular complexity index is 495. The second-order valence-electron chi connectivity index (χ2n) is 3.77. The second kappa shape index (κ2) is 5.39. The predicted octanol–water partition coefficient (Wildman–Crippen LogP) is 0.340. The number of nitrogens with zero attached hydrogens (tertiary/aromatic N) is 7. The van der Waals surface area contributed by atoms with Crippen LogP contribution in [0.2, 0.25) is 0 Å². The van der Waals surface area contributed by atoms with Gasteiger partial charge in [-0.25, -0.2) is 4.98 Å². The molecule has 0 unspecified atom stereocenters. The summed E-state index contributed by atoms with van der Waals surface area (Å²) in [6.45, 7) is 2.99. The van der Waals surface area contributed by atoms with Gasteiger partial charge < -0.3 is 10.2 Å². The van der Waals surface area contributed by atoms with Crippen LogP contribution >= 0.6 is 0 Å². The largest absolute Gasteiger partial charge is 0.357 e. The van der Waals surface area contributed by atoms with Gasteiger partial charge in [-0.05, 0) is 6.42 Å². The molecule has 0 saturated carbocycles. The summed E-state index contributed by atoms with van der Waals surface area (Å²) in [6.07, 6.45) is 4.02. The Morgan fingerprint density at radius 2 is 2.17 bits per heavy atom. The number of anilines is 2. The van der Waals surface area contributed by atoms with E-state index < -0.39 is 0 Å². The Morgan fingerprint density at radius 1 is 1.33 bits per heavy atom. The molecule has 0 aliphatic carbocycles. The summed E-state index contributed by atoms with van der Waals surface area (Å²) in [6, 6.07) is 0. The van der Waals surface area contributed by atoms with Gasteiger partial charge >= 0.3 is 0 Å². The average Bonchev–Trinajstić information content (AvgIpc) is 2.92. The van der Waals surface area contributed by atoms with Gasteiger partial charge in [0.05, 0.1) is 0 Å². The summed E-state index contributed by atoms with van der Waals surface area (Å²) in [4.78, 5) is 18.8. The topological polar surface area (TPSA) is 84.7 Å². The Kier molecular flexibility index (Phi) is 3.66. The second-order valence-corrected chi connectivity index (χ2v) is 3.77. The van der Waals surface area contributed by atoms with Gasteiger partial charge in [0.1, 0.15) is 12.7 Å². The van der Waals surface area contributed by atoms with Crippen molar-refractivity contribution < 1.29 is 0 Å². The van der Waals surface area contributed by atoms with E-state index in [1.807, 2.05) is 11.9 Å². The zero-order valence-corrected chi connectivity index (χ0v) is 10.7. The van der Waals surface area contributed by atoms with Crippen LogP contribution in [0.3, 0.4) is 0 Å². The third-order valence-corrected chi connectivity index (χ3v) is 2.36. The SMILES string of the molecule is CCCN(C)c1nc(NC)nc(-n2cncn2)n1. The fourth-order valence-corrected chi connectivity index (χ4v) is 1.49. The van der Waals surface area contributed by atoms with Crippen molar-refractivity contribution in [2.24, 2.45) is 0 Å². The van der Waals surface area contributed by atoms with Crippen molar-refractivity contribution in [2.75, 3.05) is 30.9 Å². The minimum Gasteiger partial charge on any atom is -0.357 e. The van der Waals surface area contributed by atoms with E-state index in [1.54, 1.807) is 13.4 Å². The molecule has 0 atom stereocenters. The van der Waals surface area contributed by atoms with Crippen LogP contribution in [0.15, 0.2) is 12.7 Å². The number of hydrogen-bond acceptors (Lipinski definition) is 7. The Morgan fingerprint density at radius 3 is 2.78 bits per heavy atom.